The Labute approximate surface area is 483 Å². The van der Waals surface area contributed by atoms with E-state index in [2.05, 4.69) is 16.0 Å². The van der Waals surface area contributed by atoms with E-state index in [9.17, 15) is 67.7 Å². The Balaban J connectivity index is 1.58. The van der Waals surface area contributed by atoms with Gasteiger partial charge in [-0.3, -0.25) is 32.8 Å². The summed E-state index contributed by atoms with van der Waals surface area (Å²) in [5, 5.41) is 8.61. The van der Waals surface area contributed by atoms with Crippen LogP contribution in [-0.4, -0.2) is 137 Å². The Bertz CT molecular complexity index is 3990. The molecular weight excluding hydrogens is 1160 g/mol. The van der Waals surface area contributed by atoms with Gasteiger partial charge in [-0.15, -0.1) is 0 Å². The Morgan fingerprint density at radius 1 is 0.524 bits per heavy atom. The molecule has 26 nitrogen and oxygen atoms in total. The van der Waals surface area contributed by atoms with Gasteiger partial charge in [-0.1, -0.05) is 18.2 Å². The van der Waals surface area contributed by atoms with Crippen LogP contribution in [0.4, 0.5) is 38.0 Å². The second-order valence-corrected chi connectivity index (χ2v) is 22.8. The zero-order valence-electron chi connectivity index (χ0n) is 47.3. The van der Waals surface area contributed by atoms with Gasteiger partial charge in [-0.25, -0.2) is 14.6 Å². The second-order valence-electron chi connectivity index (χ2n) is 18.7. The molecule has 6 rings (SSSR count). The Morgan fingerprint density at radius 3 is 1.44 bits per heavy atom. The van der Waals surface area contributed by atoms with Gasteiger partial charge in [-0.05, 0) is 133 Å². The van der Waals surface area contributed by atoms with Crippen LogP contribution in [0.15, 0.2) is 84.8 Å². The number of hydrogen-bond donors (Lipinski definition) is 6. The van der Waals surface area contributed by atoms with Gasteiger partial charge in [0.05, 0.1) is 48.8 Å². The van der Waals surface area contributed by atoms with E-state index in [1.54, 1.807) is 0 Å². The standard InChI is InChI=1S/C55H62N6O20S3/c1-11-77-43(62)25-60(26-44(63)78-12-2)54(66)58-50-29(5)48(31(7)52(33(50)9)83(71,72)73)56-35-19-21-37-40(23-35)81-41-24-36(20-22-38(41)47(37)39-17-15-16-18-42(39)82(68,69)70)57-49-30(6)51(34(10)53(32(49)8)84(74,75)76)59-55(67)61(27-45(64)79-13-3)28-46(65)80-14-4/h15-24,56H,11-14,25-28H2,1-10H3,(H,58,66)(H,59,67)(H,68,69,70)(H,71,72,73)(H,74,75,76). The summed E-state index contributed by atoms with van der Waals surface area (Å²) in [5.41, 5.74) is 0.375. The third-order valence-electron chi connectivity index (χ3n) is 13.0. The molecule has 2 aliphatic rings. The van der Waals surface area contributed by atoms with Crippen molar-refractivity contribution < 1.29 is 91.0 Å². The first-order valence-corrected chi connectivity index (χ1v) is 30.0. The lowest BCUT2D eigenvalue weighted by Crippen LogP contribution is -2.43. The van der Waals surface area contributed by atoms with E-state index in [0.29, 0.717) is 0 Å². The molecule has 0 radical (unpaired) electrons. The molecule has 1 heterocycles. The average Bonchev–Trinajstić information content (AvgIpc) is 3.52. The zero-order chi connectivity index (χ0) is 62.3. The van der Waals surface area contributed by atoms with Gasteiger partial charge in [0.15, 0.2) is 0 Å². The van der Waals surface area contributed by atoms with Gasteiger partial charge in [0.2, 0.25) is 0 Å². The van der Waals surface area contributed by atoms with Crippen molar-refractivity contribution in [2.75, 3.05) is 68.6 Å². The molecule has 0 saturated carbocycles. The highest BCUT2D eigenvalue weighted by Crippen LogP contribution is 2.45. The zero-order valence-corrected chi connectivity index (χ0v) is 49.7. The molecule has 4 aromatic carbocycles. The van der Waals surface area contributed by atoms with Gasteiger partial charge in [0.25, 0.3) is 30.4 Å². The molecule has 0 aromatic heterocycles. The second kappa shape index (κ2) is 26.4. The minimum Gasteiger partial charge on any atom is -0.465 e. The number of rotatable bonds is 21. The van der Waals surface area contributed by atoms with Crippen LogP contribution < -0.4 is 21.3 Å². The Kier molecular flexibility index (Phi) is 20.3. The number of amides is 4. The van der Waals surface area contributed by atoms with Crippen LogP contribution >= 0.6 is 0 Å². The molecule has 84 heavy (non-hydrogen) atoms. The summed E-state index contributed by atoms with van der Waals surface area (Å²) in [4.78, 5) is 82.7. The van der Waals surface area contributed by atoms with Crippen LogP contribution in [0.5, 0.6) is 0 Å². The van der Waals surface area contributed by atoms with Crippen molar-refractivity contribution in [2.24, 2.45) is 4.99 Å². The van der Waals surface area contributed by atoms with E-state index >= 15 is 0 Å². The maximum Gasteiger partial charge on any atom is 0.325 e. The maximum atomic E-state index is 13.9. The summed E-state index contributed by atoms with van der Waals surface area (Å²) in [6.45, 7) is 11.5. The molecule has 1 aliphatic carbocycles. The lowest BCUT2D eigenvalue weighted by molar-refractivity contribution is -0.148. The van der Waals surface area contributed by atoms with Crippen LogP contribution in [0, 0.1) is 41.5 Å². The SMILES string of the molecule is CCOC(=O)CN(CC(=O)OCC)C(=O)Nc1c(C)c(N=c2ccc3c(-c4ccccc4S(=O)(=O)O)c4ccc(Nc5c(C)c(NC(=O)N(CC(=O)OCC)CC(=O)OCC)c(C)c(S(=O)(=O)O)c5C)cc4oc-3c2)c(C)c(S(=O)(=O)O)c1C. The highest BCUT2D eigenvalue weighted by Gasteiger charge is 2.32. The summed E-state index contributed by atoms with van der Waals surface area (Å²) in [7, 11) is -15.0. The lowest BCUT2D eigenvalue weighted by Gasteiger charge is -2.25. The number of anilines is 4. The molecule has 0 fully saturated rings. The van der Waals surface area contributed by atoms with Gasteiger partial charge >= 0.3 is 35.9 Å². The van der Waals surface area contributed by atoms with Crippen LogP contribution in [0.2, 0.25) is 0 Å². The fraction of sp³-hybridized carbons (Fsp3) is 0.327. The van der Waals surface area contributed by atoms with Crippen LogP contribution in [0.25, 0.3) is 33.4 Å². The third kappa shape index (κ3) is 14.6. The average molecular weight is 1220 g/mol. The van der Waals surface area contributed by atoms with Crippen LogP contribution in [0.1, 0.15) is 61.1 Å². The third-order valence-corrected chi connectivity index (χ3v) is 16.2. The van der Waals surface area contributed by atoms with Crippen LogP contribution in [-0.2, 0) is 68.5 Å². The predicted octanol–water partition coefficient (Wildman–Crippen LogP) is 7.69. The van der Waals surface area contributed by atoms with Gasteiger partial charge in [0.1, 0.15) is 52.2 Å². The number of ether oxygens (including phenoxy) is 4. The molecule has 0 unspecified atom stereocenters. The minimum absolute atomic E-state index is 0.0112. The van der Waals surface area contributed by atoms with E-state index in [1.807, 2.05) is 0 Å². The summed E-state index contributed by atoms with van der Waals surface area (Å²) in [5.74, 6) is -3.46. The fourth-order valence-electron chi connectivity index (χ4n) is 9.59. The molecule has 29 heteroatoms. The first kappa shape index (κ1) is 64.7. The Hall–Kier alpha value is -8.48. The number of esters is 4. The molecule has 4 aromatic rings. The van der Waals surface area contributed by atoms with E-state index in [0.717, 1.165) is 9.80 Å². The topological polar surface area (TPSA) is 371 Å². The summed E-state index contributed by atoms with van der Waals surface area (Å²) >= 11 is 0. The number of carbonyl (C=O) groups excluding carboxylic acids is 6. The van der Waals surface area contributed by atoms with E-state index < -0.39 is 107 Å². The van der Waals surface area contributed by atoms with E-state index in [-0.39, 0.29) is 127 Å². The van der Waals surface area contributed by atoms with Crippen LogP contribution in [0.3, 0.4) is 0 Å². The molecule has 450 valence electrons. The van der Waals surface area contributed by atoms with E-state index in [1.165, 1.54) is 130 Å². The monoisotopic (exact) mass is 1220 g/mol. The summed E-state index contributed by atoms with van der Waals surface area (Å²) in [6.07, 6.45) is 0. The van der Waals surface area contributed by atoms with Crippen molar-refractivity contribution >= 4 is 106 Å². The van der Waals surface area contributed by atoms with Crippen molar-refractivity contribution in [3.05, 3.63) is 99.4 Å². The summed E-state index contributed by atoms with van der Waals surface area (Å²) in [6, 6.07) is 12.4. The van der Waals surface area contributed by atoms with Crippen molar-refractivity contribution in [1.82, 2.24) is 9.80 Å². The highest BCUT2D eigenvalue weighted by atomic mass is 32.2. The Morgan fingerprint density at radius 2 is 0.976 bits per heavy atom. The first-order chi connectivity index (χ1) is 39.4. The molecule has 0 atom stereocenters. The number of nitrogens with zero attached hydrogens (tertiary/aromatic N) is 3. The number of benzene rings is 5. The lowest BCUT2D eigenvalue weighted by atomic mass is 9.93. The molecule has 6 N–H and O–H groups in total. The van der Waals surface area contributed by atoms with Gasteiger partial charge in [0, 0.05) is 45.6 Å². The molecule has 0 spiro atoms. The fourth-order valence-corrected chi connectivity index (χ4v) is 12.2. The molecular formula is C55H62N6O20S3. The molecule has 0 saturated heterocycles. The molecule has 0 bridgehead atoms. The summed E-state index contributed by atoms with van der Waals surface area (Å²) < 4.78 is 137. The maximum absolute atomic E-state index is 13.9. The highest BCUT2D eigenvalue weighted by molar-refractivity contribution is 7.86. The normalized spacial score (nSPS) is 11.9. The van der Waals surface area contributed by atoms with Crippen molar-refractivity contribution in [1.29, 1.82) is 0 Å². The number of carbonyl (C=O) groups is 6. The quantitative estimate of drug-likeness (QED) is 0.0174. The largest absolute Gasteiger partial charge is 0.465 e. The van der Waals surface area contributed by atoms with Crippen molar-refractivity contribution in [3.63, 3.8) is 0 Å². The number of hydrogen-bond acceptors (Lipinski definition) is 19. The smallest absolute Gasteiger partial charge is 0.325 e. The van der Waals surface area contributed by atoms with Gasteiger partial charge in [-0.2, -0.15) is 25.3 Å². The van der Waals surface area contributed by atoms with Crippen molar-refractivity contribution in [2.45, 2.75) is 83.9 Å². The predicted molar refractivity (Wildman–Crippen MR) is 305 cm³/mol. The number of nitrogens with one attached hydrogen (secondary N) is 3. The first-order valence-electron chi connectivity index (χ1n) is 25.7. The minimum atomic E-state index is -5.07. The van der Waals surface area contributed by atoms with E-state index in [4.69, 9.17) is 28.4 Å². The number of urea groups is 2. The molecule has 1 aliphatic heterocycles. The molecule has 4 amide bonds. The van der Waals surface area contributed by atoms with Crippen molar-refractivity contribution in [3.8, 4) is 22.5 Å². The number of fused-ring (bicyclic) bond motifs is 2. The van der Waals surface area contributed by atoms with Gasteiger partial charge < -0.3 is 49.1 Å².